The zero-order valence-corrected chi connectivity index (χ0v) is 6.65. The van der Waals surface area contributed by atoms with Gasteiger partial charge in [-0.3, -0.25) is 5.10 Å². The Balaban J connectivity index is 2.59. The number of rotatable bonds is 1. The molecular formula is C7H8ClN3. The number of halogens is 1. The molecule has 1 aromatic rings. The second-order valence-corrected chi connectivity index (χ2v) is 2.33. The Morgan fingerprint density at radius 2 is 2.55 bits per heavy atom. The number of anilines is 1. The van der Waals surface area contributed by atoms with Crippen LogP contribution in [-0.2, 0) is 0 Å². The zero-order valence-electron chi connectivity index (χ0n) is 5.89. The van der Waals surface area contributed by atoms with Gasteiger partial charge in [0, 0.05) is 18.4 Å². The molecule has 0 aliphatic carbocycles. The molecule has 0 aliphatic heterocycles. The van der Waals surface area contributed by atoms with E-state index in [0.29, 0.717) is 18.1 Å². The van der Waals surface area contributed by atoms with Gasteiger partial charge in [0.1, 0.15) is 11.5 Å². The number of nitrogen functional groups attached to an aromatic ring is 1. The Bertz CT molecular complexity index is 281. The van der Waals surface area contributed by atoms with Crippen molar-refractivity contribution >= 4 is 17.4 Å². The Hall–Kier alpha value is -1.14. The van der Waals surface area contributed by atoms with E-state index >= 15 is 0 Å². The Labute approximate surface area is 69.9 Å². The molecule has 0 fully saturated rings. The van der Waals surface area contributed by atoms with Crippen LogP contribution in [0.3, 0.4) is 0 Å². The van der Waals surface area contributed by atoms with Crippen molar-refractivity contribution < 1.29 is 0 Å². The highest BCUT2D eigenvalue weighted by Crippen LogP contribution is 1.97. The number of nitrogens with zero attached hydrogens (tertiary/aromatic N) is 1. The Morgan fingerprint density at radius 3 is 3.09 bits per heavy atom. The number of H-pyrrole nitrogens is 1. The fourth-order valence-corrected chi connectivity index (χ4v) is 0.701. The molecule has 0 bridgehead atoms. The van der Waals surface area contributed by atoms with Crippen molar-refractivity contribution in [2.75, 3.05) is 11.6 Å². The van der Waals surface area contributed by atoms with Gasteiger partial charge in [0.25, 0.3) is 0 Å². The zero-order chi connectivity index (χ0) is 8.10. The molecule has 0 spiro atoms. The van der Waals surface area contributed by atoms with Gasteiger partial charge >= 0.3 is 0 Å². The molecule has 11 heavy (non-hydrogen) atoms. The number of nitrogens with one attached hydrogen (secondary N) is 1. The van der Waals surface area contributed by atoms with Crippen LogP contribution in [0.5, 0.6) is 0 Å². The van der Waals surface area contributed by atoms with Crippen molar-refractivity contribution in [1.29, 1.82) is 0 Å². The summed E-state index contributed by atoms with van der Waals surface area (Å²) in [7, 11) is 0. The first kappa shape index (κ1) is 7.96. The molecule has 1 rings (SSSR count). The number of alkyl halides is 1. The molecule has 4 heteroatoms. The van der Waals surface area contributed by atoms with Crippen molar-refractivity contribution in [3.8, 4) is 11.8 Å². The summed E-state index contributed by atoms with van der Waals surface area (Å²) in [4.78, 5) is 0. The van der Waals surface area contributed by atoms with E-state index in [0.717, 1.165) is 5.69 Å². The smallest absolute Gasteiger partial charge is 0.146 e. The van der Waals surface area contributed by atoms with Gasteiger partial charge in [-0.15, -0.1) is 11.6 Å². The molecular weight excluding hydrogens is 162 g/mol. The minimum atomic E-state index is 0.458. The van der Waals surface area contributed by atoms with Crippen molar-refractivity contribution in [3.05, 3.63) is 11.8 Å². The third-order valence-electron chi connectivity index (χ3n) is 1.04. The minimum Gasteiger partial charge on any atom is -0.382 e. The van der Waals surface area contributed by atoms with Crippen LogP contribution in [0.25, 0.3) is 0 Å². The molecule has 0 saturated carbocycles. The number of nitrogens with two attached hydrogens (primary N) is 1. The molecule has 3 nitrogen and oxygen atoms in total. The van der Waals surface area contributed by atoms with Crippen molar-refractivity contribution in [3.63, 3.8) is 0 Å². The van der Waals surface area contributed by atoms with E-state index in [2.05, 4.69) is 22.0 Å². The maximum atomic E-state index is 5.42. The fourth-order valence-electron chi connectivity index (χ4n) is 0.606. The summed E-state index contributed by atoms with van der Waals surface area (Å²) < 4.78 is 0. The van der Waals surface area contributed by atoms with Crippen LogP contribution in [0.15, 0.2) is 6.07 Å². The molecule has 0 saturated heterocycles. The topological polar surface area (TPSA) is 54.7 Å². The standard InChI is InChI=1S/C7H8ClN3/c8-4-2-1-3-6-5-7(9)11-10-6/h5H,2,4H2,(H3,9,10,11). The maximum Gasteiger partial charge on any atom is 0.146 e. The lowest BCUT2D eigenvalue weighted by Crippen LogP contribution is -1.81. The Kier molecular flexibility index (Phi) is 2.82. The maximum absolute atomic E-state index is 5.42. The van der Waals surface area contributed by atoms with Gasteiger partial charge in [-0.05, 0) is 5.92 Å². The van der Waals surface area contributed by atoms with Crippen LogP contribution in [0.2, 0.25) is 0 Å². The lowest BCUT2D eigenvalue weighted by atomic mass is 10.4. The normalized spacial score (nSPS) is 8.82. The summed E-state index contributed by atoms with van der Waals surface area (Å²) in [6.07, 6.45) is 0.681. The van der Waals surface area contributed by atoms with Gasteiger partial charge in [0.15, 0.2) is 0 Å². The highest BCUT2D eigenvalue weighted by atomic mass is 35.5. The van der Waals surface area contributed by atoms with E-state index in [1.807, 2.05) is 0 Å². The van der Waals surface area contributed by atoms with E-state index in [4.69, 9.17) is 17.3 Å². The van der Waals surface area contributed by atoms with E-state index in [9.17, 15) is 0 Å². The highest BCUT2D eigenvalue weighted by Gasteiger charge is 1.89. The van der Waals surface area contributed by atoms with Crippen LogP contribution in [-0.4, -0.2) is 16.1 Å². The first-order valence-electron chi connectivity index (χ1n) is 3.18. The molecule has 0 aromatic carbocycles. The predicted molar refractivity (Wildman–Crippen MR) is 45.2 cm³/mol. The second-order valence-electron chi connectivity index (χ2n) is 1.95. The summed E-state index contributed by atoms with van der Waals surface area (Å²) in [5.41, 5.74) is 6.08. The van der Waals surface area contributed by atoms with Crippen LogP contribution < -0.4 is 5.73 Å². The van der Waals surface area contributed by atoms with Gasteiger partial charge < -0.3 is 5.73 Å². The van der Waals surface area contributed by atoms with Crippen LogP contribution in [0.4, 0.5) is 5.82 Å². The summed E-state index contributed by atoms with van der Waals surface area (Å²) >= 11 is 5.42. The molecule has 0 amide bonds. The van der Waals surface area contributed by atoms with Crippen molar-refractivity contribution in [2.45, 2.75) is 6.42 Å². The lowest BCUT2D eigenvalue weighted by molar-refractivity contribution is 1.08. The number of hydrogen-bond acceptors (Lipinski definition) is 2. The van der Waals surface area contributed by atoms with Gasteiger partial charge in [-0.25, -0.2) is 0 Å². The van der Waals surface area contributed by atoms with Gasteiger partial charge in [0.05, 0.1) is 0 Å². The largest absolute Gasteiger partial charge is 0.382 e. The first-order chi connectivity index (χ1) is 5.33. The monoisotopic (exact) mass is 169 g/mol. The molecule has 0 radical (unpaired) electrons. The van der Waals surface area contributed by atoms with Gasteiger partial charge in [-0.1, -0.05) is 5.92 Å². The molecule has 0 unspecified atom stereocenters. The fraction of sp³-hybridized carbons (Fsp3) is 0.286. The van der Waals surface area contributed by atoms with E-state index in [1.54, 1.807) is 6.07 Å². The Morgan fingerprint density at radius 1 is 1.73 bits per heavy atom. The third-order valence-corrected chi connectivity index (χ3v) is 1.23. The quantitative estimate of drug-likeness (QED) is 0.486. The third kappa shape index (κ3) is 2.52. The molecule has 3 N–H and O–H groups in total. The number of aromatic amines is 1. The minimum absolute atomic E-state index is 0.458. The van der Waals surface area contributed by atoms with Gasteiger partial charge in [-0.2, -0.15) is 5.10 Å². The SMILES string of the molecule is Nc1cc(C#CCCCl)[nH]n1. The molecule has 1 aromatic heterocycles. The molecule has 0 atom stereocenters. The summed E-state index contributed by atoms with van der Waals surface area (Å²) in [5, 5.41) is 6.39. The molecule has 58 valence electrons. The van der Waals surface area contributed by atoms with Crippen LogP contribution >= 0.6 is 11.6 Å². The first-order valence-corrected chi connectivity index (χ1v) is 3.72. The lowest BCUT2D eigenvalue weighted by Gasteiger charge is -1.76. The van der Waals surface area contributed by atoms with E-state index in [1.165, 1.54) is 0 Å². The molecule has 0 aliphatic rings. The average molecular weight is 170 g/mol. The van der Waals surface area contributed by atoms with E-state index < -0.39 is 0 Å². The average Bonchev–Trinajstić information content (AvgIpc) is 2.37. The highest BCUT2D eigenvalue weighted by molar-refractivity contribution is 6.18. The second kappa shape index (κ2) is 3.89. The molecule has 1 heterocycles. The summed E-state index contributed by atoms with van der Waals surface area (Å²) in [5.74, 6) is 6.70. The van der Waals surface area contributed by atoms with Crippen molar-refractivity contribution in [2.24, 2.45) is 0 Å². The van der Waals surface area contributed by atoms with Gasteiger partial charge in [0.2, 0.25) is 0 Å². The summed E-state index contributed by atoms with van der Waals surface area (Å²) in [6.45, 7) is 0. The van der Waals surface area contributed by atoms with E-state index in [-0.39, 0.29) is 0 Å². The van der Waals surface area contributed by atoms with Crippen LogP contribution in [0, 0.1) is 11.8 Å². The van der Waals surface area contributed by atoms with Crippen molar-refractivity contribution in [1.82, 2.24) is 10.2 Å². The number of hydrogen-bond donors (Lipinski definition) is 2. The van der Waals surface area contributed by atoms with Crippen LogP contribution in [0.1, 0.15) is 12.1 Å². The predicted octanol–water partition coefficient (Wildman–Crippen LogP) is 0.972. The number of aromatic nitrogens is 2. The summed E-state index contributed by atoms with van der Waals surface area (Å²) in [6, 6.07) is 1.68.